The zero-order chi connectivity index (χ0) is 15.1. The van der Waals surface area contributed by atoms with E-state index in [4.69, 9.17) is 4.74 Å². The highest BCUT2D eigenvalue weighted by Gasteiger charge is 2.28. The molecule has 1 aliphatic heterocycles. The van der Waals surface area contributed by atoms with Gasteiger partial charge in [-0.15, -0.1) is 0 Å². The van der Waals surface area contributed by atoms with Crippen LogP contribution in [0.5, 0.6) is 0 Å². The smallest absolute Gasteiger partial charge is 0.110 e. The maximum absolute atomic E-state index is 6.05. The summed E-state index contributed by atoms with van der Waals surface area (Å²) in [5.41, 5.74) is 0. The number of nitrogens with one attached hydrogen (secondary N) is 1. The molecule has 1 aromatic rings. The average Bonchev–Trinajstić information content (AvgIpc) is 2.95. The van der Waals surface area contributed by atoms with Crippen LogP contribution in [0.1, 0.15) is 33.0 Å². The highest BCUT2D eigenvalue weighted by Crippen LogP contribution is 2.13. The van der Waals surface area contributed by atoms with Crippen LogP contribution in [0.3, 0.4) is 0 Å². The van der Waals surface area contributed by atoms with Gasteiger partial charge in [-0.05, 0) is 26.4 Å². The summed E-state index contributed by atoms with van der Waals surface area (Å²) in [7, 11) is 0. The molecule has 0 bridgehead atoms. The van der Waals surface area contributed by atoms with Gasteiger partial charge < -0.3 is 14.6 Å². The van der Waals surface area contributed by atoms with Gasteiger partial charge in [0, 0.05) is 44.5 Å². The highest BCUT2D eigenvalue weighted by molar-refractivity contribution is 4.98. The lowest BCUT2D eigenvalue weighted by Crippen LogP contribution is -2.53. The van der Waals surface area contributed by atoms with Gasteiger partial charge in [0.15, 0.2) is 0 Å². The number of ether oxygens (including phenoxy) is 1. The Bertz CT molecular complexity index is 405. The highest BCUT2D eigenvalue weighted by atomic mass is 16.5. The number of rotatable bonds is 8. The van der Waals surface area contributed by atoms with Crippen LogP contribution in [0.2, 0.25) is 0 Å². The molecule has 0 aliphatic carbocycles. The second-order valence-corrected chi connectivity index (χ2v) is 5.71. The summed E-state index contributed by atoms with van der Waals surface area (Å²) in [4.78, 5) is 7.03. The SMILES string of the molecule is CCCN1CCOC(C(Cc2nccn2CC)NCC)C1. The van der Waals surface area contributed by atoms with E-state index in [1.165, 1.54) is 13.0 Å². The van der Waals surface area contributed by atoms with E-state index in [0.717, 1.165) is 45.0 Å². The van der Waals surface area contributed by atoms with Crippen molar-refractivity contribution >= 4 is 0 Å². The van der Waals surface area contributed by atoms with Crippen molar-refractivity contribution in [3.05, 3.63) is 18.2 Å². The summed E-state index contributed by atoms with van der Waals surface area (Å²) in [6, 6.07) is 0.336. The molecule has 1 fully saturated rings. The molecule has 0 amide bonds. The third-order valence-corrected chi connectivity index (χ3v) is 4.18. The molecular formula is C16H30N4O. The maximum atomic E-state index is 6.05. The molecule has 0 radical (unpaired) electrons. The number of morpholine rings is 1. The Morgan fingerprint density at radius 3 is 3.00 bits per heavy atom. The monoisotopic (exact) mass is 294 g/mol. The Kier molecular flexibility index (Phi) is 6.67. The van der Waals surface area contributed by atoms with Gasteiger partial charge in [-0.3, -0.25) is 4.90 Å². The van der Waals surface area contributed by atoms with Gasteiger partial charge in [0.25, 0.3) is 0 Å². The zero-order valence-corrected chi connectivity index (χ0v) is 13.7. The maximum Gasteiger partial charge on any atom is 0.110 e. The van der Waals surface area contributed by atoms with Crippen LogP contribution in [-0.2, 0) is 17.7 Å². The lowest BCUT2D eigenvalue weighted by Gasteiger charge is -2.37. The molecule has 21 heavy (non-hydrogen) atoms. The number of hydrogen-bond donors (Lipinski definition) is 1. The minimum absolute atomic E-state index is 0.257. The van der Waals surface area contributed by atoms with Gasteiger partial charge in [-0.2, -0.15) is 0 Å². The Labute approximate surface area is 128 Å². The third kappa shape index (κ3) is 4.53. The van der Waals surface area contributed by atoms with Crippen molar-refractivity contribution in [3.8, 4) is 0 Å². The van der Waals surface area contributed by atoms with E-state index in [2.05, 4.69) is 46.7 Å². The van der Waals surface area contributed by atoms with Crippen molar-refractivity contribution in [1.29, 1.82) is 0 Å². The number of hydrogen-bond acceptors (Lipinski definition) is 4. The first kappa shape index (κ1) is 16.5. The van der Waals surface area contributed by atoms with Crippen molar-refractivity contribution in [3.63, 3.8) is 0 Å². The fourth-order valence-electron chi connectivity index (χ4n) is 3.11. The molecule has 5 heteroatoms. The van der Waals surface area contributed by atoms with Gasteiger partial charge in [0.1, 0.15) is 5.82 Å². The van der Waals surface area contributed by atoms with Gasteiger partial charge in [-0.25, -0.2) is 4.98 Å². The van der Waals surface area contributed by atoms with Crippen molar-refractivity contribution < 1.29 is 4.74 Å². The van der Waals surface area contributed by atoms with E-state index >= 15 is 0 Å². The minimum atomic E-state index is 0.257. The number of aryl methyl sites for hydroxylation is 1. The van der Waals surface area contributed by atoms with E-state index in [1.807, 2.05) is 6.20 Å². The van der Waals surface area contributed by atoms with Crippen LogP contribution in [0.15, 0.2) is 12.4 Å². The Balaban J connectivity index is 2.00. The predicted molar refractivity (Wildman–Crippen MR) is 85.5 cm³/mol. The fraction of sp³-hybridized carbons (Fsp3) is 0.812. The first-order valence-electron chi connectivity index (χ1n) is 8.35. The molecule has 2 rings (SSSR count). The summed E-state index contributed by atoms with van der Waals surface area (Å²) in [5.74, 6) is 1.15. The van der Waals surface area contributed by atoms with Crippen LogP contribution >= 0.6 is 0 Å². The normalized spacial score (nSPS) is 21.6. The van der Waals surface area contributed by atoms with Crippen LogP contribution in [0.25, 0.3) is 0 Å². The largest absolute Gasteiger partial charge is 0.374 e. The van der Waals surface area contributed by atoms with Crippen LogP contribution < -0.4 is 5.32 Å². The van der Waals surface area contributed by atoms with Gasteiger partial charge in [0.05, 0.1) is 12.7 Å². The standard InChI is InChI=1S/C16H30N4O/c1-4-8-19-10-11-21-15(13-19)14(17-5-2)12-16-18-7-9-20(16)6-3/h7,9,14-15,17H,4-6,8,10-13H2,1-3H3. The third-order valence-electron chi connectivity index (χ3n) is 4.18. The predicted octanol–water partition coefficient (Wildman–Crippen LogP) is 1.53. The Morgan fingerprint density at radius 1 is 1.43 bits per heavy atom. The molecule has 2 atom stereocenters. The van der Waals surface area contributed by atoms with E-state index in [1.54, 1.807) is 0 Å². The Morgan fingerprint density at radius 2 is 2.29 bits per heavy atom. The molecule has 1 saturated heterocycles. The van der Waals surface area contributed by atoms with E-state index < -0.39 is 0 Å². The number of imidazole rings is 1. The number of nitrogens with zero attached hydrogens (tertiary/aromatic N) is 3. The minimum Gasteiger partial charge on any atom is -0.374 e. The topological polar surface area (TPSA) is 42.3 Å². The molecule has 0 aromatic carbocycles. The van der Waals surface area contributed by atoms with Gasteiger partial charge in [0.2, 0.25) is 0 Å². The summed E-state index contributed by atoms with van der Waals surface area (Å²) in [6.45, 7) is 12.6. The number of likely N-dealkylation sites (N-methyl/N-ethyl adjacent to an activating group) is 1. The molecular weight excluding hydrogens is 264 g/mol. The quantitative estimate of drug-likeness (QED) is 0.790. The summed E-state index contributed by atoms with van der Waals surface area (Å²) >= 11 is 0. The van der Waals surface area contributed by atoms with Crippen molar-refractivity contribution in [2.75, 3.05) is 32.8 Å². The van der Waals surface area contributed by atoms with Gasteiger partial charge >= 0.3 is 0 Å². The van der Waals surface area contributed by atoms with Crippen LogP contribution in [0.4, 0.5) is 0 Å². The van der Waals surface area contributed by atoms with Gasteiger partial charge in [-0.1, -0.05) is 13.8 Å². The molecule has 2 heterocycles. The lowest BCUT2D eigenvalue weighted by atomic mass is 10.0. The van der Waals surface area contributed by atoms with E-state index in [0.29, 0.717) is 6.04 Å². The molecule has 120 valence electrons. The molecule has 1 N–H and O–H groups in total. The molecule has 0 saturated carbocycles. The summed E-state index contributed by atoms with van der Waals surface area (Å²) < 4.78 is 8.27. The second-order valence-electron chi connectivity index (χ2n) is 5.71. The molecule has 1 aliphatic rings. The van der Waals surface area contributed by atoms with Crippen molar-refractivity contribution in [2.45, 2.75) is 52.3 Å². The molecule has 5 nitrogen and oxygen atoms in total. The second kappa shape index (κ2) is 8.51. The van der Waals surface area contributed by atoms with Crippen molar-refractivity contribution in [1.82, 2.24) is 19.8 Å². The Hall–Kier alpha value is -0.910. The molecule has 0 spiro atoms. The van der Waals surface area contributed by atoms with E-state index in [-0.39, 0.29) is 6.10 Å². The molecule has 1 aromatic heterocycles. The van der Waals surface area contributed by atoms with Crippen molar-refractivity contribution in [2.24, 2.45) is 0 Å². The van der Waals surface area contributed by atoms with Crippen LogP contribution in [-0.4, -0.2) is 59.4 Å². The fourth-order valence-corrected chi connectivity index (χ4v) is 3.11. The average molecular weight is 294 g/mol. The first-order valence-corrected chi connectivity index (χ1v) is 8.35. The van der Waals surface area contributed by atoms with Crippen LogP contribution in [0, 0.1) is 0 Å². The summed E-state index contributed by atoms with van der Waals surface area (Å²) in [6.07, 6.45) is 6.35. The molecule has 2 unspecified atom stereocenters. The summed E-state index contributed by atoms with van der Waals surface area (Å²) in [5, 5.41) is 3.60. The zero-order valence-electron chi connectivity index (χ0n) is 13.7. The first-order chi connectivity index (χ1) is 10.3. The van der Waals surface area contributed by atoms with E-state index in [9.17, 15) is 0 Å². The number of aromatic nitrogens is 2. The lowest BCUT2D eigenvalue weighted by molar-refractivity contribution is -0.0463.